The molecular formula is C18H17N3O3. The van der Waals surface area contributed by atoms with Crippen LogP contribution in [0.5, 0.6) is 0 Å². The number of nitrogens with one attached hydrogen (secondary N) is 2. The van der Waals surface area contributed by atoms with Gasteiger partial charge in [-0.25, -0.2) is 4.79 Å². The predicted octanol–water partition coefficient (Wildman–Crippen LogP) is 2.81. The Bertz CT molecular complexity index is 930. The van der Waals surface area contributed by atoms with E-state index in [1.165, 1.54) is 12.4 Å². The van der Waals surface area contributed by atoms with Crippen molar-refractivity contribution >= 4 is 22.8 Å². The first kappa shape index (κ1) is 15.7. The summed E-state index contributed by atoms with van der Waals surface area (Å²) in [6.45, 7) is 4.02. The fraction of sp³-hybridized carbons (Fsp3) is 0.167. The molecule has 2 aromatic heterocycles. The first-order valence-corrected chi connectivity index (χ1v) is 7.50. The molecule has 0 saturated carbocycles. The number of carbonyl (C=O) groups is 2. The van der Waals surface area contributed by atoms with E-state index >= 15 is 0 Å². The van der Waals surface area contributed by atoms with Crippen molar-refractivity contribution in [2.45, 2.75) is 20.4 Å². The molecule has 6 heteroatoms. The summed E-state index contributed by atoms with van der Waals surface area (Å²) in [5.41, 5.74) is 3.95. The van der Waals surface area contributed by atoms with E-state index in [1.54, 1.807) is 12.1 Å². The highest BCUT2D eigenvalue weighted by molar-refractivity contribution is 6.00. The standard InChI is InChI=1S/C18H17N3O3/c1-10-7-11(2)15-13(16(18(23)24)21-14(15)8-10)9-20-17(22)12-3-5-19-6-4-12/h3-8,21H,9H2,1-2H3,(H,20,22)(H,23,24). The zero-order valence-corrected chi connectivity index (χ0v) is 13.4. The van der Waals surface area contributed by atoms with Crippen molar-refractivity contribution < 1.29 is 14.7 Å². The van der Waals surface area contributed by atoms with E-state index in [4.69, 9.17) is 0 Å². The van der Waals surface area contributed by atoms with Crippen molar-refractivity contribution in [3.05, 3.63) is 64.6 Å². The average Bonchev–Trinajstić information content (AvgIpc) is 2.92. The molecule has 0 aliphatic carbocycles. The number of H-pyrrole nitrogens is 1. The fourth-order valence-corrected chi connectivity index (χ4v) is 2.94. The molecule has 0 aliphatic heterocycles. The Balaban J connectivity index is 1.97. The molecule has 0 radical (unpaired) electrons. The van der Waals surface area contributed by atoms with Gasteiger partial charge in [-0.2, -0.15) is 0 Å². The van der Waals surface area contributed by atoms with Crippen LogP contribution in [0.25, 0.3) is 10.9 Å². The molecule has 0 fully saturated rings. The number of carbonyl (C=O) groups excluding carboxylic acids is 1. The summed E-state index contributed by atoms with van der Waals surface area (Å²) in [7, 11) is 0. The third kappa shape index (κ3) is 2.86. The monoisotopic (exact) mass is 323 g/mol. The molecule has 122 valence electrons. The smallest absolute Gasteiger partial charge is 0.352 e. The predicted molar refractivity (Wildman–Crippen MR) is 90.1 cm³/mol. The Morgan fingerprint density at radius 2 is 1.92 bits per heavy atom. The topological polar surface area (TPSA) is 95.1 Å². The third-order valence-electron chi connectivity index (χ3n) is 3.93. The van der Waals surface area contributed by atoms with Gasteiger partial charge in [-0.1, -0.05) is 6.07 Å². The van der Waals surface area contributed by atoms with Gasteiger partial charge in [0.15, 0.2) is 0 Å². The van der Waals surface area contributed by atoms with Crippen molar-refractivity contribution in [1.29, 1.82) is 0 Å². The van der Waals surface area contributed by atoms with E-state index in [2.05, 4.69) is 15.3 Å². The minimum Gasteiger partial charge on any atom is -0.477 e. The molecule has 0 aliphatic rings. The maximum atomic E-state index is 12.2. The number of aromatic carboxylic acids is 1. The van der Waals surface area contributed by atoms with E-state index in [9.17, 15) is 14.7 Å². The first-order chi connectivity index (χ1) is 11.5. The number of aromatic amines is 1. The zero-order valence-electron chi connectivity index (χ0n) is 13.4. The molecule has 24 heavy (non-hydrogen) atoms. The van der Waals surface area contributed by atoms with Crippen LogP contribution >= 0.6 is 0 Å². The van der Waals surface area contributed by atoms with Crippen molar-refractivity contribution in [2.75, 3.05) is 0 Å². The molecule has 0 unspecified atom stereocenters. The first-order valence-electron chi connectivity index (χ1n) is 7.50. The highest BCUT2D eigenvalue weighted by Crippen LogP contribution is 2.27. The molecule has 2 heterocycles. The van der Waals surface area contributed by atoms with Gasteiger partial charge in [-0.15, -0.1) is 0 Å². The van der Waals surface area contributed by atoms with E-state index in [-0.39, 0.29) is 18.1 Å². The van der Waals surface area contributed by atoms with Gasteiger partial charge in [-0.3, -0.25) is 9.78 Å². The number of carboxylic acids is 1. The van der Waals surface area contributed by atoms with Gasteiger partial charge in [-0.05, 0) is 43.2 Å². The number of aryl methyl sites for hydroxylation is 2. The Kier molecular flexibility index (Phi) is 4.04. The third-order valence-corrected chi connectivity index (χ3v) is 3.93. The zero-order chi connectivity index (χ0) is 17.3. The van der Waals surface area contributed by atoms with Gasteiger partial charge in [0.25, 0.3) is 5.91 Å². The van der Waals surface area contributed by atoms with Crippen molar-refractivity contribution in [3.8, 4) is 0 Å². The van der Waals surface area contributed by atoms with Crippen LogP contribution in [0.1, 0.15) is 37.5 Å². The molecule has 0 bridgehead atoms. The Hall–Kier alpha value is -3.15. The Morgan fingerprint density at radius 3 is 2.58 bits per heavy atom. The summed E-state index contributed by atoms with van der Waals surface area (Å²) in [5, 5.41) is 13.1. The SMILES string of the molecule is Cc1cc(C)c2c(CNC(=O)c3ccncc3)c(C(=O)O)[nH]c2c1. The van der Waals surface area contributed by atoms with Gasteiger partial charge in [0.2, 0.25) is 0 Å². The second-order valence-corrected chi connectivity index (χ2v) is 5.71. The molecule has 6 nitrogen and oxygen atoms in total. The van der Waals surface area contributed by atoms with Crippen LogP contribution < -0.4 is 5.32 Å². The molecule has 3 aromatic rings. The Morgan fingerprint density at radius 1 is 1.21 bits per heavy atom. The Labute approximate surface area is 138 Å². The van der Waals surface area contributed by atoms with Crippen LogP contribution in [0.15, 0.2) is 36.7 Å². The number of hydrogen-bond donors (Lipinski definition) is 3. The number of nitrogens with zero attached hydrogens (tertiary/aromatic N) is 1. The number of carboxylic acid groups (broad SMARTS) is 1. The van der Waals surface area contributed by atoms with Crippen molar-refractivity contribution in [3.63, 3.8) is 0 Å². The van der Waals surface area contributed by atoms with Crippen LogP contribution in [-0.4, -0.2) is 27.0 Å². The summed E-state index contributed by atoms with van der Waals surface area (Å²) in [5.74, 6) is -1.32. The summed E-state index contributed by atoms with van der Waals surface area (Å²) < 4.78 is 0. The number of aromatic nitrogens is 2. The number of benzene rings is 1. The molecule has 0 saturated heterocycles. The lowest BCUT2D eigenvalue weighted by molar-refractivity contribution is 0.0689. The molecule has 3 rings (SSSR count). The molecule has 0 spiro atoms. The maximum Gasteiger partial charge on any atom is 0.352 e. The van der Waals surface area contributed by atoms with Gasteiger partial charge >= 0.3 is 5.97 Å². The molecule has 0 atom stereocenters. The normalized spacial score (nSPS) is 10.8. The summed E-state index contributed by atoms with van der Waals surface area (Å²) in [6, 6.07) is 7.12. The number of pyridine rings is 1. The van der Waals surface area contributed by atoms with Gasteiger partial charge in [0, 0.05) is 41.0 Å². The fourth-order valence-electron chi connectivity index (χ4n) is 2.94. The lowest BCUT2D eigenvalue weighted by Crippen LogP contribution is -2.23. The highest BCUT2D eigenvalue weighted by atomic mass is 16.4. The van der Waals surface area contributed by atoms with Crippen LogP contribution in [0.2, 0.25) is 0 Å². The minimum atomic E-state index is -1.04. The van der Waals surface area contributed by atoms with Crippen LogP contribution in [0, 0.1) is 13.8 Å². The van der Waals surface area contributed by atoms with Crippen LogP contribution in [0.3, 0.4) is 0 Å². The van der Waals surface area contributed by atoms with Gasteiger partial charge in [0.05, 0.1) is 0 Å². The summed E-state index contributed by atoms with van der Waals surface area (Å²) in [4.78, 5) is 30.6. The van der Waals surface area contributed by atoms with E-state index in [0.29, 0.717) is 11.1 Å². The van der Waals surface area contributed by atoms with Crippen molar-refractivity contribution in [2.24, 2.45) is 0 Å². The lowest BCUT2D eigenvalue weighted by atomic mass is 10.0. The lowest BCUT2D eigenvalue weighted by Gasteiger charge is -2.07. The average molecular weight is 323 g/mol. The van der Waals surface area contributed by atoms with E-state index < -0.39 is 5.97 Å². The maximum absolute atomic E-state index is 12.2. The molecule has 1 amide bonds. The summed E-state index contributed by atoms with van der Waals surface area (Å²) >= 11 is 0. The quantitative estimate of drug-likeness (QED) is 0.688. The van der Waals surface area contributed by atoms with Gasteiger partial charge < -0.3 is 15.4 Å². The molecule has 1 aromatic carbocycles. The second kappa shape index (κ2) is 6.16. The number of hydrogen-bond acceptors (Lipinski definition) is 3. The highest BCUT2D eigenvalue weighted by Gasteiger charge is 2.19. The number of fused-ring (bicyclic) bond motifs is 1. The number of rotatable bonds is 4. The second-order valence-electron chi connectivity index (χ2n) is 5.71. The molecular weight excluding hydrogens is 306 g/mol. The van der Waals surface area contributed by atoms with E-state index in [0.717, 1.165) is 22.0 Å². The van der Waals surface area contributed by atoms with Gasteiger partial charge in [0.1, 0.15) is 5.69 Å². The summed E-state index contributed by atoms with van der Waals surface area (Å²) in [6.07, 6.45) is 3.08. The number of amides is 1. The van der Waals surface area contributed by atoms with Crippen LogP contribution in [-0.2, 0) is 6.54 Å². The molecule has 3 N–H and O–H groups in total. The van der Waals surface area contributed by atoms with Crippen LogP contribution in [0.4, 0.5) is 0 Å². The van der Waals surface area contributed by atoms with E-state index in [1.807, 2.05) is 26.0 Å². The van der Waals surface area contributed by atoms with Crippen molar-refractivity contribution in [1.82, 2.24) is 15.3 Å². The minimum absolute atomic E-state index is 0.105. The largest absolute Gasteiger partial charge is 0.477 e.